The zero-order valence-electron chi connectivity index (χ0n) is 9.55. The van der Waals surface area contributed by atoms with Crippen molar-refractivity contribution in [3.63, 3.8) is 0 Å². The Bertz CT molecular complexity index is 413. The van der Waals surface area contributed by atoms with Crippen LogP contribution in [0.25, 0.3) is 0 Å². The van der Waals surface area contributed by atoms with Gasteiger partial charge in [0.25, 0.3) is 0 Å². The molecule has 1 heterocycles. The second-order valence-electron chi connectivity index (χ2n) is 4.14. The van der Waals surface area contributed by atoms with E-state index >= 15 is 0 Å². The van der Waals surface area contributed by atoms with E-state index in [4.69, 9.17) is 9.47 Å². The van der Waals surface area contributed by atoms with Crippen molar-refractivity contribution in [1.82, 2.24) is 0 Å². The fraction of sp³-hybridized carbons (Fsp3) is 0.500. The number of hydrogen-bond acceptors (Lipinski definition) is 4. The third-order valence-electron chi connectivity index (χ3n) is 2.83. The molecule has 1 fully saturated rings. The Morgan fingerprint density at radius 1 is 1.28 bits per heavy atom. The normalized spacial score (nSPS) is 28.1. The number of halogens is 2. The van der Waals surface area contributed by atoms with Gasteiger partial charge in [0.15, 0.2) is 11.6 Å². The maximum absolute atomic E-state index is 12.9. The van der Waals surface area contributed by atoms with Crippen molar-refractivity contribution >= 4 is 0 Å². The highest BCUT2D eigenvalue weighted by Crippen LogP contribution is 2.19. The van der Waals surface area contributed by atoms with Crippen LogP contribution in [0, 0.1) is 11.6 Å². The lowest BCUT2D eigenvalue weighted by Gasteiger charge is -2.31. The van der Waals surface area contributed by atoms with Gasteiger partial charge in [0.1, 0.15) is 24.6 Å². The summed E-state index contributed by atoms with van der Waals surface area (Å²) in [6.45, 7) is 0.285. The SMILES string of the molecule is OC1CCOC(COc2ccc(F)c(F)c2)C1O. The number of benzene rings is 1. The molecule has 4 nitrogen and oxygen atoms in total. The van der Waals surface area contributed by atoms with Crippen LogP contribution >= 0.6 is 0 Å². The minimum atomic E-state index is -1.04. The number of ether oxygens (including phenoxy) is 2. The molecule has 0 bridgehead atoms. The van der Waals surface area contributed by atoms with Gasteiger partial charge in [-0.2, -0.15) is 0 Å². The molecule has 2 N–H and O–H groups in total. The molecule has 1 aromatic rings. The molecular weight excluding hydrogens is 246 g/mol. The molecule has 3 atom stereocenters. The molecule has 2 rings (SSSR count). The first-order chi connectivity index (χ1) is 8.58. The van der Waals surface area contributed by atoms with Gasteiger partial charge in [0.2, 0.25) is 0 Å². The fourth-order valence-corrected chi connectivity index (χ4v) is 1.75. The standard InChI is InChI=1S/C12H14F2O4/c13-8-2-1-7(5-9(8)14)18-6-11-12(16)10(15)3-4-17-11/h1-2,5,10-12,15-16H,3-4,6H2. The lowest BCUT2D eigenvalue weighted by molar-refractivity contribution is -0.144. The molecule has 1 aromatic carbocycles. The van der Waals surface area contributed by atoms with Crippen molar-refractivity contribution in [2.24, 2.45) is 0 Å². The van der Waals surface area contributed by atoms with E-state index in [-0.39, 0.29) is 12.4 Å². The highest BCUT2D eigenvalue weighted by molar-refractivity contribution is 5.23. The summed E-state index contributed by atoms with van der Waals surface area (Å²) in [4.78, 5) is 0. The van der Waals surface area contributed by atoms with Gasteiger partial charge in [-0.05, 0) is 18.6 Å². The molecule has 0 amide bonds. The minimum absolute atomic E-state index is 0.0384. The summed E-state index contributed by atoms with van der Waals surface area (Å²) in [5.74, 6) is -1.81. The molecule has 0 spiro atoms. The van der Waals surface area contributed by atoms with Crippen molar-refractivity contribution in [2.75, 3.05) is 13.2 Å². The number of aliphatic hydroxyl groups is 2. The maximum atomic E-state index is 12.9. The Balaban J connectivity index is 1.92. The van der Waals surface area contributed by atoms with E-state index in [1.54, 1.807) is 0 Å². The zero-order chi connectivity index (χ0) is 13.1. The summed E-state index contributed by atoms with van der Waals surface area (Å²) in [6, 6.07) is 3.16. The first-order valence-electron chi connectivity index (χ1n) is 5.63. The van der Waals surface area contributed by atoms with E-state index in [1.165, 1.54) is 6.07 Å². The number of hydrogen-bond donors (Lipinski definition) is 2. The summed E-state index contributed by atoms with van der Waals surface area (Å²) >= 11 is 0. The molecule has 0 aliphatic carbocycles. The number of aliphatic hydroxyl groups excluding tert-OH is 2. The smallest absolute Gasteiger partial charge is 0.162 e. The Labute approximate surface area is 103 Å². The van der Waals surface area contributed by atoms with Gasteiger partial charge < -0.3 is 19.7 Å². The Morgan fingerprint density at radius 2 is 2.06 bits per heavy atom. The van der Waals surface area contributed by atoms with Gasteiger partial charge in [-0.3, -0.25) is 0 Å². The van der Waals surface area contributed by atoms with Crippen molar-refractivity contribution in [1.29, 1.82) is 0 Å². The van der Waals surface area contributed by atoms with E-state index in [2.05, 4.69) is 0 Å². The van der Waals surface area contributed by atoms with E-state index in [0.717, 1.165) is 12.1 Å². The summed E-state index contributed by atoms with van der Waals surface area (Å²) < 4.78 is 36.0. The fourth-order valence-electron chi connectivity index (χ4n) is 1.75. The quantitative estimate of drug-likeness (QED) is 0.846. The molecule has 0 saturated carbocycles. The van der Waals surface area contributed by atoms with Crippen molar-refractivity contribution < 1.29 is 28.5 Å². The molecule has 6 heteroatoms. The second kappa shape index (κ2) is 5.60. The number of rotatable bonds is 3. The maximum Gasteiger partial charge on any atom is 0.162 e. The van der Waals surface area contributed by atoms with E-state index in [9.17, 15) is 19.0 Å². The first kappa shape index (κ1) is 13.2. The van der Waals surface area contributed by atoms with Gasteiger partial charge in [-0.25, -0.2) is 8.78 Å². The Hall–Kier alpha value is -1.24. The lowest BCUT2D eigenvalue weighted by atomic mass is 10.0. The lowest BCUT2D eigenvalue weighted by Crippen LogP contribution is -2.47. The van der Waals surface area contributed by atoms with Crippen LogP contribution in [0.1, 0.15) is 6.42 Å². The summed E-state index contributed by atoms with van der Waals surface area (Å²) in [6.07, 6.45) is -2.20. The van der Waals surface area contributed by atoms with Gasteiger partial charge >= 0.3 is 0 Å². The van der Waals surface area contributed by atoms with Crippen LogP contribution in [0.2, 0.25) is 0 Å². The molecule has 1 aliphatic heterocycles. The van der Waals surface area contributed by atoms with Gasteiger partial charge in [0, 0.05) is 12.7 Å². The summed E-state index contributed by atoms with van der Waals surface area (Å²) in [5.41, 5.74) is 0. The first-order valence-corrected chi connectivity index (χ1v) is 5.63. The second-order valence-corrected chi connectivity index (χ2v) is 4.14. The molecule has 0 radical (unpaired) electrons. The van der Waals surface area contributed by atoms with Gasteiger partial charge in [-0.15, -0.1) is 0 Å². The van der Waals surface area contributed by atoms with E-state index in [0.29, 0.717) is 13.0 Å². The van der Waals surface area contributed by atoms with Gasteiger partial charge in [-0.1, -0.05) is 0 Å². The van der Waals surface area contributed by atoms with Crippen LogP contribution in [0.4, 0.5) is 8.78 Å². The van der Waals surface area contributed by atoms with Crippen LogP contribution in [0.5, 0.6) is 5.75 Å². The third-order valence-corrected chi connectivity index (χ3v) is 2.83. The van der Waals surface area contributed by atoms with Crippen molar-refractivity contribution in [3.8, 4) is 5.75 Å². The summed E-state index contributed by atoms with van der Waals surface area (Å²) in [7, 11) is 0. The molecule has 0 aromatic heterocycles. The third kappa shape index (κ3) is 2.95. The molecule has 18 heavy (non-hydrogen) atoms. The van der Waals surface area contributed by atoms with Crippen LogP contribution < -0.4 is 4.74 Å². The Kier molecular flexibility index (Phi) is 4.11. The van der Waals surface area contributed by atoms with Crippen LogP contribution in [0.3, 0.4) is 0 Å². The topological polar surface area (TPSA) is 58.9 Å². The molecule has 100 valence electrons. The molecule has 1 saturated heterocycles. The van der Waals surface area contributed by atoms with Crippen molar-refractivity contribution in [2.45, 2.75) is 24.7 Å². The predicted molar refractivity (Wildman–Crippen MR) is 58.2 cm³/mol. The van der Waals surface area contributed by atoms with Crippen LogP contribution in [0.15, 0.2) is 18.2 Å². The predicted octanol–water partition coefficient (Wildman–Crippen LogP) is 0.854. The highest BCUT2D eigenvalue weighted by Gasteiger charge is 2.31. The highest BCUT2D eigenvalue weighted by atomic mass is 19.2. The van der Waals surface area contributed by atoms with Crippen molar-refractivity contribution in [3.05, 3.63) is 29.8 Å². The average molecular weight is 260 g/mol. The van der Waals surface area contributed by atoms with Gasteiger partial charge in [0.05, 0.1) is 6.10 Å². The zero-order valence-corrected chi connectivity index (χ0v) is 9.55. The van der Waals surface area contributed by atoms with Crippen LogP contribution in [-0.2, 0) is 4.74 Å². The summed E-state index contributed by atoms with van der Waals surface area (Å²) in [5, 5.41) is 19.1. The monoisotopic (exact) mass is 260 g/mol. The minimum Gasteiger partial charge on any atom is -0.491 e. The van der Waals surface area contributed by atoms with E-state index < -0.39 is 29.9 Å². The van der Waals surface area contributed by atoms with E-state index in [1.807, 2.05) is 0 Å². The largest absolute Gasteiger partial charge is 0.491 e. The molecule has 3 unspecified atom stereocenters. The Morgan fingerprint density at radius 3 is 2.78 bits per heavy atom. The molecular formula is C12H14F2O4. The van der Waals surface area contributed by atoms with Crippen LogP contribution in [-0.4, -0.2) is 41.7 Å². The average Bonchev–Trinajstić information content (AvgIpc) is 2.35. The molecule has 1 aliphatic rings.